The van der Waals surface area contributed by atoms with Gasteiger partial charge in [-0.3, -0.25) is 0 Å². The van der Waals surface area contributed by atoms with E-state index in [0.29, 0.717) is 11.4 Å². The summed E-state index contributed by atoms with van der Waals surface area (Å²) in [6.45, 7) is 0. The van der Waals surface area contributed by atoms with Gasteiger partial charge in [0.15, 0.2) is 0 Å². The van der Waals surface area contributed by atoms with Crippen LogP contribution in [-0.2, 0) is 16.3 Å². The topological polar surface area (TPSA) is 50.4 Å². The number of nitrogens with one attached hydrogen (secondary N) is 2. The molecular weight excluding hydrogens is 477 g/mol. The first kappa shape index (κ1) is 23.9. The highest BCUT2D eigenvalue weighted by Crippen LogP contribution is 2.64. The lowest BCUT2D eigenvalue weighted by Gasteiger charge is -2.39. The lowest BCUT2D eigenvalue weighted by Crippen LogP contribution is -2.31. The molecular formula is C30H29F3N2O2. The van der Waals surface area contributed by atoms with Crippen molar-refractivity contribution in [1.82, 2.24) is 0 Å². The summed E-state index contributed by atoms with van der Waals surface area (Å²) < 4.78 is 46.0. The average molecular weight is 507 g/mol. The van der Waals surface area contributed by atoms with E-state index >= 15 is 0 Å². The number of hydrogen-bond donors (Lipinski definition) is 2. The van der Waals surface area contributed by atoms with Crippen molar-refractivity contribution in [3.8, 4) is 0 Å². The predicted octanol–water partition coefficient (Wildman–Crippen LogP) is 8.06. The van der Waals surface area contributed by atoms with Crippen molar-refractivity contribution in [2.24, 2.45) is 17.8 Å². The number of carbonyl (C=O) groups excluding carboxylic acids is 1. The molecule has 4 aliphatic carbocycles. The van der Waals surface area contributed by atoms with Gasteiger partial charge in [0.25, 0.3) is 0 Å². The fraction of sp³-hybridized carbons (Fsp3) is 0.367. The third kappa shape index (κ3) is 4.45. The van der Waals surface area contributed by atoms with E-state index in [9.17, 15) is 18.0 Å². The molecule has 7 rings (SSSR count). The molecule has 4 bridgehead atoms. The normalized spacial score (nSPS) is 25.8. The molecule has 0 aromatic heterocycles. The minimum atomic E-state index is -4.53. The predicted molar refractivity (Wildman–Crippen MR) is 137 cm³/mol. The third-order valence-corrected chi connectivity index (χ3v) is 8.58. The van der Waals surface area contributed by atoms with E-state index in [2.05, 4.69) is 22.8 Å². The van der Waals surface area contributed by atoms with Gasteiger partial charge < -0.3 is 15.4 Å². The summed E-state index contributed by atoms with van der Waals surface area (Å²) >= 11 is 0. The Labute approximate surface area is 214 Å². The summed E-state index contributed by atoms with van der Waals surface area (Å²) in [5, 5.41) is 6.11. The Morgan fingerprint density at radius 1 is 0.865 bits per heavy atom. The molecule has 0 saturated heterocycles. The fourth-order valence-electron chi connectivity index (χ4n) is 7.21. The van der Waals surface area contributed by atoms with Crippen LogP contribution in [0.4, 0.5) is 35.9 Å². The van der Waals surface area contributed by atoms with Gasteiger partial charge in [0.2, 0.25) is 0 Å². The zero-order valence-corrected chi connectivity index (χ0v) is 20.6. The lowest BCUT2D eigenvalue weighted by atomic mass is 9.66. The summed E-state index contributed by atoms with van der Waals surface area (Å²) in [4.78, 5) is 12.1. The minimum absolute atomic E-state index is 0.211. The van der Waals surface area contributed by atoms with E-state index in [-0.39, 0.29) is 16.7 Å². The number of carbonyl (C=O) groups is 1. The molecule has 2 atom stereocenters. The Bertz CT molecular complexity index is 1320. The second-order valence-corrected chi connectivity index (χ2v) is 10.9. The molecule has 4 nitrogen and oxygen atoms in total. The van der Waals surface area contributed by atoms with Crippen LogP contribution in [0, 0.1) is 17.8 Å². The van der Waals surface area contributed by atoms with Crippen LogP contribution in [0.3, 0.4) is 0 Å². The second kappa shape index (κ2) is 8.82. The molecule has 4 fully saturated rings. The molecule has 3 aromatic carbocycles. The van der Waals surface area contributed by atoms with E-state index in [0.717, 1.165) is 35.6 Å². The summed E-state index contributed by atoms with van der Waals surface area (Å²) in [5.74, 6) is 2.03. The highest BCUT2D eigenvalue weighted by atomic mass is 19.4. The number of esters is 1. The summed E-state index contributed by atoms with van der Waals surface area (Å²) in [5.41, 5.74) is 2.71. The quantitative estimate of drug-likeness (QED) is 0.332. The highest BCUT2D eigenvalue weighted by molar-refractivity contribution is 5.96. The van der Waals surface area contributed by atoms with Crippen molar-refractivity contribution in [2.45, 2.75) is 43.7 Å². The molecule has 0 aliphatic heterocycles. The zero-order valence-electron chi connectivity index (χ0n) is 20.6. The largest absolute Gasteiger partial charge is 0.465 e. The number of benzene rings is 3. The van der Waals surface area contributed by atoms with E-state index in [1.807, 2.05) is 12.1 Å². The van der Waals surface area contributed by atoms with Crippen LogP contribution < -0.4 is 10.6 Å². The number of anilines is 4. The zero-order chi connectivity index (χ0) is 25.8. The summed E-state index contributed by atoms with van der Waals surface area (Å²) in [6, 6.07) is 18.5. The molecule has 3 aromatic rings. The van der Waals surface area contributed by atoms with Gasteiger partial charge in [0, 0.05) is 17.1 Å². The van der Waals surface area contributed by atoms with Crippen molar-refractivity contribution >= 4 is 28.7 Å². The smallest absolute Gasteiger partial charge is 0.416 e. The number of ether oxygens (including phenoxy) is 1. The van der Waals surface area contributed by atoms with Gasteiger partial charge in [-0.15, -0.1) is 0 Å². The van der Waals surface area contributed by atoms with Crippen LogP contribution in [-0.4, -0.2) is 13.1 Å². The first-order valence-electron chi connectivity index (χ1n) is 12.8. The van der Waals surface area contributed by atoms with Crippen LogP contribution in [0.25, 0.3) is 0 Å². The maximum Gasteiger partial charge on any atom is 0.416 e. The van der Waals surface area contributed by atoms with E-state index in [1.54, 1.807) is 30.3 Å². The van der Waals surface area contributed by atoms with Crippen LogP contribution in [0.15, 0.2) is 66.7 Å². The van der Waals surface area contributed by atoms with Crippen molar-refractivity contribution in [3.05, 3.63) is 83.4 Å². The van der Waals surface area contributed by atoms with Crippen molar-refractivity contribution in [3.63, 3.8) is 0 Å². The van der Waals surface area contributed by atoms with E-state index in [1.165, 1.54) is 44.8 Å². The molecule has 0 radical (unpaired) electrons. The Hall–Kier alpha value is -3.48. The maximum atomic E-state index is 13.7. The molecule has 0 amide bonds. The van der Waals surface area contributed by atoms with Gasteiger partial charge >= 0.3 is 12.1 Å². The average Bonchev–Trinajstić information content (AvgIpc) is 3.30. The van der Waals surface area contributed by atoms with Crippen LogP contribution >= 0.6 is 0 Å². The maximum absolute atomic E-state index is 13.7. The molecule has 4 saturated carbocycles. The van der Waals surface area contributed by atoms with Crippen LogP contribution in [0.5, 0.6) is 0 Å². The van der Waals surface area contributed by atoms with Gasteiger partial charge in [0.05, 0.1) is 23.9 Å². The Balaban J connectivity index is 1.26. The Morgan fingerprint density at radius 2 is 1.51 bits per heavy atom. The van der Waals surface area contributed by atoms with Crippen molar-refractivity contribution in [2.75, 3.05) is 17.7 Å². The second-order valence-electron chi connectivity index (χ2n) is 10.9. The number of alkyl halides is 3. The molecule has 0 heterocycles. The highest BCUT2D eigenvalue weighted by Gasteiger charge is 2.56. The van der Waals surface area contributed by atoms with E-state index in [4.69, 9.17) is 4.74 Å². The van der Waals surface area contributed by atoms with Crippen LogP contribution in [0.2, 0.25) is 0 Å². The third-order valence-electron chi connectivity index (χ3n) is 8.58. The van der Waals surface area contributed by atoms with Crippen molar-refractivity contribution in [1.29, 1.82) is 0 Å². The van der Waals surface area contributed by atoms with Gasteiger partial charge in [-0.05, 0) is 103 Å². The van der Waals surface area contributed by atoms with Gasteiger partial charge in [-0.1, -0.05) is 24.3 Å². The first-order valence-corrected chi connectivity index (χ1v) is 12.8. The molecule has 7 heteroatoms. The lowest BCUT2D eigenvalue weighted by molar-refractivity contribution is -0.137. The number of para-hydroxylation sites is 1. The minimum Gasteiger partial charge on any atom is -0.465 e. The standard InChI is InChI=1S/C30H29F3N2O2/c1-37-28(36)26-4-2-3-5-27(26)35-25-13-22(30(31,32)33)12-24(14-25)34-23-8-6-21(7-9-23)29-15-18-10-19(16-29)20(11-18)17-29/h2-9,12-14,18-20,34-35H,10-11,15-17H2,1H3. The number of hydrogen-bond acceptors (Lipinski definition) is 4. The Morgan fingerprint density at radius 3 is 2.14 bits per heavy atom. The van der Waals surface area contributed by atoms with Gasteiger partial charge in [-0.2, -0.15) is 13.2 Å². The molecule has 2 N–H and O–H groups in total. The van der Waals surface area contributed by atoms with Gasteiger partial charge in [0.1, 0.15) is 0 Å². The molecule has 4 aliphatic rings. The number of rotatable bonds is 6. The number of halogens is 3. The van der Waals surface area contributed by atoms with Crippen molar-refractivity contribution < 1.29 is 22.7 Å². The molecule has 192 valence electrons. The van der Waals surface area contributed by atoms with Gasteiger partial charge in [-0.25, -0.2) is 4.79 Å². The molecule has 0 spiro atoms. The summed E-state index contributed by atoms with van der Waals surface area (Å²) in [6.07, 6.45) is 2.07. The number of methoxy groups -OCH3 is 1. The monoisotopic (exact) mass is 506 g/mol. The summed E-state index contributed by atoms with van der Waals surface area (Å²) in [7, 11) is 1.26. The van der Waals surface area contributed by atoms with E-state index < -0.39 is 17.7 Å². The fourth-order valence-corrected chi connectivity index (χ4v) is 7.21. The molecule has 2 unspecified atom stereocenters. The molecule has 37 heavy (non-hydrogen) atoms. The first-order chi connectivity index (χ1) is 17.7. The van der Waals surface area contributed by atoms with Crippen LogP contribution in [0.1, 0.15) is 53.6 Å². The SMILES string of the molecule is COC(=O)c1ccccc1Nc1cc(Nc2ccc(C34CC5CC(C3)C(C5)C4)cc2)cc(C(F)(F)F)c1. The Kier molecular flexibility index (Phi) is 5.70.